The minimum absolute atomic E-state index is 0.0794. The number of aliphatic carboxylic acids is 1. The van der Waals surface area contributed by atoms with E-state index in [2.05, 4.69) is 0 Å². The third kappa shape index (κ3) is 3.13. The van der Waals surface area contributed by atoms with Crippen LogP contribution in [0.3, 0.4) is 0 Å². The molecule has 1 aromatic heterocycles. The zero-order valence-corrected chi connectivity index (χ0v) is 10.5. The fourth-order valence-corrected chi connectivity index (χ4v) is 1.64. The zero-order chi connectivity index (χ0) is 15.4. The monoisotopic (exact) mass is 284 g/mol. The summed E-state index contributed by atoms with van der Waals surface area (Å²) < 4.78 is 5.37. The number of nitro benzene ring substituents is 1. The van der Waals surface area contributed by atoms with Gasteiger partial charge < -0.3 is 9.52 Å². The van der Waals surface area contributed by atoms with Crippen LogP contribution in [0.1, 0.15) is 5.76 Å². The Bertz CT molecular complexity index is 783. The third-order valence-corrected chi connectivity index (χ3v) is 2.61. The summed E-state index contributed by atoms with van der Waals surface area (Å²) in [4.78, 5) is 20.9. The normalized spacial score (nSPS) is 10.9. The van der Waals surface area contributed by atoms with Crippen molar-refractivity contribution in [3.63, 3.8) is 0 Å². The maximum absolute atomic E-state index is 10.7. The Morgan fingerprint density at radius 3 is 2.76 bits per heavy atom. The molecule has 2 rings (SSSR count). The van der Waals surface area contributed by atoms with Crippen molar-refractivity contribution in [2.45, 2.75) is 0 Å². The molecule has 0 bridgehead atoms. The number of hydrogen-bond donors (Lipinski definition) is 1. The largest absolute Gasteiger partial charge is 0.477 e. The van der Waals surface area contributed by atoms with Crippen LogP contribution < -0.4 is 0 Å². The minimum atomic E-state index is -1.36. The number of carboxylic acid groups (broad SMARTS) is 1. The van der Waals surface area contributed by atoms with Crippen molar-refractivity contribution in [2.75, 3.05) is 0 Å². The summed E-state index contributed by atoms with van der Waals surface area (Å²) in [5.41, 5.74) is -0.0585. The van der Waals surface area contributed by atoms with Gasteiger partial charge in [0.25, 0.3) is 5.69 Å². The van der Waals surface area contributed by atoms with Crippen LogP contribution in [0.15, 0.2) is 46.4 Å². The Balaban J connectivity index is 2.37. The molecule has 7 nitrogen and oxygen atoms in total. The summed E-state index contributed by atoms with van der Waals surface area (Å²) in [6, 6.07) is 10.4. The van der Waals surface area contributed by atoms with Crippen molar-refractivity contribution in [2.24, 2.45) is 0 Å². The first kappa shape index (κ1) is 14.0. The summed E-state index contributed by atoms with van der Waals surface area (Å²) in [5.74, 6) is -0.839. The van der Waals surface area contributed by atoms with Crippen LogP contribution in [0, 0.1) is 21.4 Å². The van der Waals surface area contributed by atoms with Gasteiger partial charge in [-0.05, 0) is 12.1 Å². The number of furan rings is 1. The van der Waals surface area contributed by atoms with E-state index in [1.54, 1.807) is 12.1 Å². The molecule has 0 atom stereocenters. The van der Waals surface area contributed by atoms with E-state index in [-0.39, 0.29) is 11.4 Å². The van der Waals surface area contributed by atoms with E-state index < -0.39 is 16.5 Å². The Morgan fingerprint density at radius 2 is 2.14 bits per heavy atom. The van der Waals surface area contributed by atoms with Crippen LogP contribution in [0.4, 0.5) is 5.69 Å². The van der Waals surface area contributed by atoms with Crippen LogP contribution in [0.25, 0.3) is 17.4 Å². The molecule has 1 aromatic carbocycles. The highest BCUT2D eigenvalue weighted by atomic mass is 16.6. The van der Waals surface area contributed by atoms with Crippen molar-refractivity contribution in [1.82, 2.24) is 0 Å². The molecular weight excluding hydrogens is 276 g/mol. The molecule has 104 valence electrons. The number of carboxylic acids is 1. The lowest BCUT2D eigenvalue weighted by Gasteiger charge is -1.97. The molecule has 0 spiro atoms. The van der Waals surface area contributed by atoms with Crippen molar-refractivity contribution in [3.05, 3.63) is 57.8 Å². The number of hydrogen-bond acceptors (Lipinski definition) is 5. The average molecular weight is 284 g/mol. The summed E-state index contributed by atoms with van der Waals surface area (Å²) in [5, 5.41) is 28.1. The lowest BCUT2D eigenvalue weighted by Crippen LogP contribution is -1.96. The Hall–Kier alpha value is -3.40. The van der Waals surface area contributed by atoms with Gasteiger partial charge in [0.15, 0.2) is 0 Å². The van der Waals surface area contributed by atoms with Crippen LogP contribution in [0.2, 0.25) is 0 Å². The van der Waals surface area contributed by atoms with Gasteiger partial charge in [-0.2, -0.15) is 5.26 Å². The number of nitriles is 1. The summed E-state index contributed by atoms with van der Waals surface area (Å²) in [6.45, 7) is 0. The van der Waals surface area contributed by atoms with Gasteiger partial charge in [0.2, 0.25) is 0 Å². The zero-order valence-electron chi connectivity index (χ0n) is 10.5. The summed E-state index contributed by atoms with van der Waals surface area (Å²) in [7, 11) is 0. The first-order valence-electron chi connectivity index (χ1n) is 5.71. The lowest BCUT2D eigenvalue weighted by molar-refractivity contribution is -0.384. The second-order valence-corrected chi connectivity index (χ2v) is 3.98. The second-order valence-electron chi connectivity index (χ2n) is 3.98. The molecule has 0 aliphatic rings. The van der Waals surface area contributed by atoms with E-state index in [9.17, 15) is 14.9 Å². The third-order valence-electron chi connectivity index (χ3n) is 2.61. The highest BCUT2D eigenvalue weighted by Crippen LogP contribution is 2.26. The standard InChI is InChI=1S/C14H8N2O5/c15-8-10(14(17)18)7-12-4-5-13(21-12)9-2-1-3-11(6-9)16(19)20/h1-7H,(H,17,18)/b10-7-. The molecule has 7 heteroatoms. The molecule has 0 fully saturated rings. The quantitative estimate of drug-likeness (QED) is 0.399. The molecule has 0 radical (unpaired) electrons. The molecule has 1 N–H and O–H groups in total. The maximum atomic E-state index is 10.7. The number of nitrogens with zero attached hydrogens (tertiary/aromatic N) is 2. The molecule has 0 amide bonds. The minimum Gasteiger partial charge on any atom is -0.477 e. The SMILES string of the molecule is N#C/C(=C/c1ccc(-c2cccc([N+](=O)[O-])c2)o1)C(=O)O. The maximum Gasteiger partial charge on any atom is 0.346 e. The fraction of sp³-hybridized carbons (Fsp3) is 0. The van der Waals surface area contributed by atoms with E-state index in [0.29, 0.717) is 11.3 Å². The van der Waals surface area contributed by atoms with Gasteiger partial charge >= 0.3 is 5.97 Å². The fourth-order valence-electron chi connectivity index (χ4n) is 1.64. The molecule has 0 unspecified atom stereocenters. The number of non-ortho nitro benzene ring substituents is 1. The van der Waals surface area contributed by atoms with E-state index in [1.165, 1.54) is 30.3 Å². The topological polar surface area (TPSA) is 117 Å². The van der Waals surface area contributed by atoms with Crippen LogP contribution in [0.5, 0.6) is 0 Å². The molecule has 21 heavy (non-hydrogen) atoms. The smallest absolute Gasteiger partial charge is 0.346 e. The van der Waals surface area contributed by atoms with E-state index in [0.717, 1.165) is 6.08 Å². The molecule has 1 heterocycles. The molecule has 0 aliphatic heterocycles. The molecule has 0 aliphatic carbocycles. The van der Waals surface area contributed by atoms with Crippen molar-refractivity contribution < 1.29 is 19.2 Å². The molecule has 0 saturated carbocycles. The Kier molecular flexibility index (Phi) is 3.81. The Morgan fingerprint density at radius 1 is 1.38 bits per heavy atom. The predicted molar refractivity (Wildman–Crippen MR) is 72.0 cm³/mol. The molecular formula is C14H8N2O5. The first-order valence-corrected chi connectivity index (χ1v) is 5.71. The molecule has 2 aromatic rings. The van der Waals surface area contributed by atoms with Gasteiger partial charge in [0.1, 0.15) is 23.2 Å². The van der Waals surface area contributed by atoms with Crippen LogP contribution in [-0.4, -0.2) is 16.0 Å². The van der Waals surface area contributed by atoms with E-state index in [1.807, 2.05) is 0 Å². The number of nitro groups is 1. The van der Waals surface area contributed by atoms with Crippen LogP contribution >= 0.6 is 0 Å². The van der Waals surface area contributed by atoms with Gasteiger partial charge in [-0.1, -0.05) is 12.1 Å². The summed E-state index contributed by atoms with van der Waals surface area (Å²) in [6.07, 6.45) is 1.09. The lowest BCUT2D eigenvalue weighted by atomic mass is 10.1. The van der Waals surface area contributed by atoms with Gasteiger partial charge in [0, 0.05) is 23.8 Å². The summed E-state index contributed by atoms with van der Waals surface area (Å²) >= 11 is 0. The van der Waals surface area contributed by atoms with Crippen molar-refractivity contribution in [3.8, 4) is 17.4 Å². The van der Waals surface area contributed by atoms with Crippen molar-refractivity contribution >= 4 is 17.7 Å². The predicted octanol–water partition coefficient (Wildman–Crippen LogP) is 2.85. The highest BCUT2D eigenvalue weighted by Gasteiger charge is 2.11. The van der Waals surface area contributed by atoms with Gasteiger partial charge in [-0.3, -0.25) is 10.1 Å². The average Bonchev–Trinajstić information content (AvgIpc) is 2.93. The Labute approximate surface area is 118 Å². The highest BCUT2D eigenvalue weighted by molar-refractivity contribution is 5.96. The van der Waals surface area contributed by atoms with Crippen molar-refractivity contribution in [1.29, 1.82) is 5.26 Å². The van der Waals surface area contributed by atoms with Gasteiger partial charge in [-0.25, -0.2) is 4.79 Å². The van der Waals surface area contributed by atoms with Gasteiger partial charge in [-0.15, -0.1) is 0 Å². The van der Waals surface area contributed by atoms with E-state index in [4.69, 9.17) is 14.8 Å². The molecule has 0 saturated heterocycles. The number of carbonyl (C=O) groups is 1. The second kappa shape index (κ2) is 5.71. The number of rotatable bonds is 4. The number of benzene rings is 1. The first-order chi connectivity index (χ1) is 10.0. The van der Waals surface area contributed by atoms with Crippen LogP contribution in [-0.2, 0) is 4.79 Å². The van der Waals surface area contributed by atoms with Gasteiger partial charge in [0.05, 0.1) is 4.92 Å². The van der Waals surface area contributed by atoms with E-state index >= 15 is 0 Å².